The van der Waals surface area contributed by atoms with Crippen molar-refractivity contribution in [2.75, 3.05) is 14.1 Å². The molecule has 0 aliphatic rings. The lowest BCUT2D eigenvalue weighted by atomic mass is 10.1. The summed E-state index contributed by atoms with van der Waals surface area (Å²) < 4.78 is 2.15. The average molecular weight is 252 g/mol. The summed E-state index contributed by atoms with van der Waals surface area (Å²) in [6, 6.07) is 10.1. The standard InChI is InChI=1S/C15H16N4/c1-18(2)11-13-15(12-6-8-16-9-7-12)17-14-5-3-4-10-19(13)14/h3-10H,11H2,1-2H3. The molecule has 4 nitrogen and oxygen atoms in total. The number of hydrogen-bond acceptors (Lipinski definition) is 3. The Labute approximate surface area is 112 Å². The molecule has 0 aliphatic heterocycles. The van der Waals surface area contributed by atoms with Gasteiger partial charge in [0.1, 0.15) is 5.65 Å². The van der Waals surface area contributed by atoms with E-state index in [2.05, 4.69) is 34.6 Å². The molecule has 0 spiro atoms. The van der Waals surface area contributed by atoms with Crippen LogP contribution in [-0.4, -0.2) is 33.4 Å². The second kappa shape index (κ2) is 4.82. The van der Waals surface area contributed by atoms with Crippen molar-refractivity contribution in [3.8, 4) is 11.3 Å². The van der Waals surface area contributed by atoms with Crippen molar-refractivity contribution in [3.63, 3.8) is 0 Å². The van der Waals surface area contributed by atoms with Gasteiger partial charge in [0.05, 0.1) is 11.4 Å². The number of rotatable bonds is 3. The topological polar surface area (TPSA) is 33.4 Å². The number of fused-ring (bicyclic) bond motifs is 1. The SMILES string of the molecule is CN(C)Cc1c(-c2ccncc2)nc2ccccn12. The molecule has 0 aromatic carbocycles. The van der Waals surface area contributed by atoms with Gasteiger partial charge in [0.15, 0.2) is 0 Å². The van der Waals surface area contributed by atoms with Gasteiger partial charge in [0, 0.05) is 30.7 Å². The summed E-state index contributed by atoms with van der Waals surface area (Å²) in [5, 5.41) is 0. The molecule has 0 atom stereocenters. The highest BCUT2D eigenvalue weighted by atomic mass is 15.1. The fourth-order valence-electron chi connectivity index (χ4n) is 2.24. The van der Waals surface area contributed by atoms with E-state index in [0.717, 1.165) is 23.4 Å². The van der Waals surface area contributed by atoms with E-state index in [4.69, 9.17) is 4.98 Å². The molecule has 3 aromatic rings. The van der Waals surface area contributed by atoms with Crippen LogP contribution in [0.2, 0.25) is 0 Å². The van der Waals surface area contributed by atoms with Crippen LogP contribution in [0, 0.1) is 0 Å². The van der Waals surface area contributed by atoms with Crippen LogP contribution >= 0.6 is 0 Å². The van der Waals surface area contributed by atoms with E-state index in [1.807, 2.05) is 30.3 Å². The van der Waals surface area contributed by atoms with E-state index < -0.39 is 0 Å². The smallest absolute Gasteiger partial charge is 0.137 e. The van der Waals surface area contributed by atoms with Crippen molar-refractivity contribution < 1.29 is 0 Å². The number of imidazole rings is 1. The number of pyridine rings is 2. The second-order valence-electron chi connectivity index (χ2n) is 4.81. The Kier molecular flexibility index (Phi) is 3.01. The van der Waals surface area contributed by atoms with Gasteiger partial charge in [-0.2, -0.15) is 0 Å². The molecule has 3 heterocycles. The van der Waals surface area contributed by atoms with Crippen LogP contribution in [0.4, 0.5) is 0 Å². The van der Waals surface area contributed by atoms with Crippen molar-refractivity contribution >= 4 is 5.65 Å². The molecule has 4 heteroatoms. The zero-order valence-electron chi connectivity index (χ0n) is 11.1. The molecule has 0 N–H and O–H groups in total. The van der Waals surface area contributed by atoms with Crippen molar-refractivity contribution in [1.82, 2.24) is 19.3 Å². The second-order valence-corrected chi connectivity index (χ2v) is 4.81. The normalized spacial score (nSPS) is 11.3. The summed E-state index contributed by atoms with van der Waals surface area (Å²) >= 11 is 0. The first-order valence-electron chi connectivity index (χ1n) is 6.27. The minimum absolute atomic E-state index is 0.850. The number of nitrogens with zero attached hydrogens (tertiary/aromatic N) is 4. The van der Waals surface area contributed by atoms with Gasteiger partial charge in [-0.1, -0.05) is 6.07 Å². The monoisotopic (exact) mass is 252 g/mol. The third kappa shape index (κ3) is 2.22. The highest BCUT2D eigenvalue weighted by Gasteiger charge is 2.13. The van der Waals surface area contributed by atoms with Crippen molar-refractivity contribution in [1.29, 1.82) is 0 Å². The summed E-state index contributed by atoms with van der Waals surface area (Å²) in [4.78, 5) is 11.0. The Balaban J connectivity index is 2.23. The lowest BCUT2D eigenvalue weighted by Gasteiger charge is -2.11. The van der Waals surface area contributed by atoms with Crippen LogP contribution < -0.4 is 0 Å². The predicted molar refractivity (Wildman–Crippen MR) is 75.8 cm³/mol. The first-order valence-corrected chi connectivity index (χ1v) is 6.27. The molecular weight excluding hydrogens is 236 g/mol. The number of aromatic nitrogens is 3. The van der Waals surface area contributed by atoms with E-state index >= 15 is 0 Å². The Morgan fingerprint density at radius 2 is 1.89 bits per heavy atom. The zero-order chi connectivity index (χ0) is 13.2. The van der Waals surface area contributed by atoms with Gasteiger partial charge in [0.2, 0.25) is 0 Å². The van der Waals surface area contributed by atoms with Crippen LogP contribution in [-0.2, 0) is 6.54 Å². The molecule has 0 unspecified atom stereocenters. The summed E-state index contributed by atoms with van der Waals surface area (Å²) in [6.45, 7) is 0.850. The highest BCUT2D eigenvalue weighted by Crippen LogP contribution is 2.24. The first kappa shape index (κ1) is 11.9. The van der Waals surface area contributed by atoms with Crippen LogP contribution in [0.1, 0.15) is 5.69 Å². The predicted octanol–water partition coefficient (Wildman–Crippen LogP) is 2.46. The zero-order valence-corrected chi connectivity index (χ0v) is 11.1. The molecule has 0 saturated carbocycles. The lowest BCUT2D eigenvalue weighted by Crippen LogP contribution is -2.13. The van der Waals surface area contributed by atoms with E-state index in [1.54, 1.807) is 12.4 Å². The Morgan fingerprint density at radius 3 is 2.63 bits per heavy atom. The van der Waals surface area contributed by atoms with E-state index in [1.165, 1.54) is 5.69 Å². The van der Waals surface area contributed by atoms with Crippen LogP contribution in [0.25, 0.3) is 16.9 Å². The molecule has 0 aliphatic carbocycles. The summed E-state index contributed by atoms with van der Waals surface area (Å²) in [5.74, 6) is 0. The molecule has 0 fully saturated rings. The summed E-state index contributed by atoms with van der Waals surface area (Å²) in [7, 11) is 4.14. The highest BCUT2D eigenvalue weighted by molar-refractivity contribution is 5.66. The lowest BCUT2D eigenvalue weighted by molar-refractivity contribution is 0.396. The molecule has 0 radical (unpaired) electrons. The van der Waals surface area contributed by atoms with Gasteiger partial charge in [0.25, 0.3) is 0 Å². The molecular formula is C15H16N4. The largest absolute Gasteiger partial charge is 0.304 e. The maximum absolute atomic E-state index is 4.74. The van der Waals surface area contributed by atoms with Crippen molar-refractivity contribution in [3.05, 3.63) is 54.6 Å². The van der Waals surface area contributed by atoms with Crippen molar-refractivity contribution in [2.24, 2.45) is 0 Å². The van der Waals surface area contributed by atoms with Crippen LogP contribution in [0.15, 0.2) is 48.9 Å². The van der Waals surface area contributed by atoms with E-state index in [9.17, 15) is 0 Å². The molecule has 0 bridgehead atoms. The Bertz CT molecular complexity index is 686. The quantitative estimate of drug-likeness (QED) is 0.718. The van der Waals surface area contributed by atoms with Gasteiger partial charge in [-0.25, -0.2) is 4.98 Å². The summed E-state index contributed by atoms with van der Waals surface area (Å²) in [5.41, 5.74) is 4.32. The van der Waals surface area contributed by atoms with E-state index in [0.29, 0.717) is 0 Å². The molecule has 0 saturated heterocycles. The minimum atomic E-state index is 0.850. The third-order valence-electron chi connectivity index (χ3n) is 3.05. The molecule has 19 heavy (non-hydrogen) atoms. The molecule has 3 rings (SSSR count). The van der Waals surface area contributed by atoms with Gasteiger partial charge in [-0.3, -0.25) is 4.98 Å². The first-order chi connectivity index (χ1) is 9.25. The summed E-state index contributed by atoms with van der Waals surface area (Å²) in [6.07, 6.45) is 5.67. The fourth-order valence-corrected chi connectivity index (χ4v) is 2.24. The third-order valence-corrected chi connectivity index (χ3v) is 3.05. The van der Waals surface area contributed by atoms with E-state index in [-0.39, 0.29) is 0 Å². The maximum Gasteiger partial charge on any atom is 0.137 e. The molecule has 0 amide bonds. The maximum atomic E-state index is 4.74. The average Bonchev–Trinajstić information content (AvgIpc) is 2.78. The van der Waals surface area contributed by atoms with Crippen LogP contribution in [0.5, 0.6) is 0 Å². The van der Waals surface area contributed by atoms with Gasteiger partial charge < -0.3 is 9.30 Å². The molecule has 96 valence electrons. The Morgan fingerprint density at radius 1 is 1.11 bits per heavy atom. The number of hydrogen-bond donors (Lipinski definition) is 0. The minimum Gasteiger partial charge on any atom is -0.304 e. The van der Waals surface area contributed by atoms with Crippen molar-refractivity contribution in [2.45, 2.75) is 6.54 Å². The van der Waals surface area contributed by atoms with Gasteiger partial charge >= 0.3 is 0 Å². The van der Waals surface area contributed by atoms with Gasteiger partial charge in [-0.05, 0) is 38.4 Å². The Hall–Kier alpha value is -2.20. The molecule has 3 aromatic heterocycles. The van der Waals surface area contributed by atoms with Crippen LogP contribution in [0.3, 0.4) is 0 Å². The van der Waals surface area contributed by atoms with Gasteiger partial charge in [-0.15, -0.1) is 0 Å². The fraction of sp³-hybridized carbons (Fsp3) is 0.200.